The van der Waals surface area contributed by atoms with Crippen molar-refractivity contribution in [1.29, 1.82) is 0 Å². The lowest BCUT2D eigenvalue weighted by Crippen LogP contribution is -2.44. The van der Waals surface area contributed by atoms with E-state index in [1.165, 1.54) is 6.33 Å². The van der Waals surface area contributed by atoms with Gasteiger partial charge in [0.25, 0.3) is 0 Å². The van der Waals surface area contributed by atoms with E-state index in [0.29, 0.717) is 13.1 Å². The summed E-state index contributed by atoms with van der Waals surface area (Å²) in [6.45, 7) is 4.67. The number of anilines is 1. The molecule has 2 atom stereocenters. The van der Waals surface area contributed by atoms with Gasteiger partial charge in [0.1, 0.15) is 6.33 Å². The van der Waals surface area contributed by atoms with Gasteiger partial charge in [-0.05, 0) is 60.7 Å². The number of hydrogen-bond donors (Lipinski definition) is 1. The smallest absolute Gasteiger partial charge is 0.322 e. The van der Waals surface area contributed by atoms with Crippen LogP contribution in [0.2, 0.25) is 0 Å². The third-order valence-electron chi connectivity index (χ3n) is 5.26. The highest BCUT2D eigenvalue weighted by Crippen LogP contribution is 2.21. The third kappa shape index (κ3) is 4.48. The minimum Gasteiger partial charge on any atom is -0.376 e. The summed E-state index contributed by atoms with van der Waals surface area (Å²) in [6.07, 6.45) is 5.80. The van der Waals surface area contributed by atoms with Crippen LogP contribution >= 0.6 is 0 Å². The average Bonchev–Trinajstić information content (AvgIpc) is 3.46. The van der Waals surface area contributed by atoms with E-state index in [2.05, 4.69) is 20.8 Å². The largest absolute Gasteiger partial charge is 0.376 e. The lowest BCUT2D eigenvalue weighted by molar-refractivity contribution is 0.0524. The minimum absolute atomic E-state index is 0.0980. The Kier molecular flexibility index (Phi) is 5.82. The molecule has 2 aliphatic rings. The number of aryl methyl sites for hydroxylation is 1. The molecule has 1 aromatic heterocycles. The number of nitrogens with zero attached hydrogens (tertiary/aromatic N) is 5. The van der Waals surface area contributed by atoms with Crippen LogP contribution in [0.25, 0.3) is 5.69 Å². The first kappa shape index (κ1) is 18.8. The predicted octanol–water partition coefficient (Wildman–Crippen LogP) is 2.16. The fraction of sp³-hybridized carbons (Fsp3) is 0.579. The molecule has 0 spiro atoms. The van der Waals surface area contributed by atoms with Crippen LogP contribution in [0.5, 0.6) is 0 Å². The van der Waals surface area contributed by atoms with Crippen LogP contribution < -0.4 is 5.32 Å². The molecule has 2 aliphatic heterocycles. The second-order valence-electron chi connectivity index (χ2n) is 7.36. The number of hydrogen-bond acceptors (Lipinski definition) is 6. The number of carbonyl (C=O) groups excluding carboxylic acids is 1. The van der Waals surface area contributed by atoms with Crippen molar-refractivity contribution in [2.24, 2.45) is 0 Å². The maximum Gasteiger partial charge on any atom is 0.322 e. The van der Waals surface area contributed by atoms with Crippen LogP contribution in [0.1, 0.15) is 31.2 Å². The van der Waals surface area contributed by atoms with Crippen LogP contribution in [0, 0.1) is 6.92 Å². The first-order chi connectivity index (χ1) is 13.7. The van der Waals surface area contributed by atoms with E-state index < -0.39 is 0 Å². The van der Waals surface area contributed by atoms with Crippen molar-refractivity contribution in [3.63, 3.8) is 0 Å². The predicted molar refractivity (Wildman–Crippen MR) is 102 cm³/mol. The van der Waals surface area contributed by atoms with Crippen molar-refractivity contribution < 1.29 is 14.3 Å². The molecule has 0 saturated carbocycles. The zero-order chi connectivity index (χ0) is 19.3. The molecule has 2 fully saturated rings. The van der Waals surface area contributed by atoms with Gasteiger partial charge in [-0.1, -0.05) is 6.07 Å². The summed E-state index contributed by atoms with van der Waals surface area (Å²) in [7, 11) is 0. The molecule has 0 radical (unpaired) electrons. The van der Waals surface area contributed by atoms with E-state index in [0.717, 1.165) is 55.8 Å². The quantitative estimate of drug-likeness (QED) is 0.818. The van der Waals surface area contributed by atoms with Crippen molar-refractivity contribution in [3.05, 3.63) is 30.1 Å². The maximum atomic E-state index is 13.1. The fourth-order valence-corrected chi connectivity index (χ4v) is 3.67. The summed E-state index contributed by atoms with van der Waals surface area (Å²) in [5.74, 6) is 0. The van der Waals surface area contributed by atoms with Gasteiger partial charge in [-0.3, -0.25) is 0 Å². The van der Waals surface area contributed by atoms with Gasteiger partial charge in [0.05, 0.1) is 17.9 Å². The molecule has 2 aromatic rings. The number of amides is 2. The zero-order valence-corrected chi connectivity index (χ0v) is 16.1. The van der Waals surface area contributed by atoms with Gasteiger partial charge in [-0.25, -0.2) is 9.48 Å². The van der Waals surface area contributed by atoms with Crippen molar-refractivity contribution in [2.45, 2.75) is 44.8 Å². The molecule has 4 rings (SSSR count). The molecule has 9 heteroatoms. The normalized spacial score (nSPS) is 21.8. The van der Waals surface area contributed by atoms with Crippen molar-refractivity contribution in [1.82, 2.24) is 25.1 Å². The summed E-state index contributed by atoms with van der Waals surface area (Å²) >= 11 is 0. The maximum absolute atomic E-state index is 13.1. The number of carbonyl (C=O) groups is 1. The van der Waals surface area contributed by atoms with Crippen molar-refractivity contribution in [2.75, 3.05) is 31.6 Å². The highest BCUT2D eigenvalue weighted by Gasteiger charge is 2.27. The number of nitrogens with one attached hydrogen (secondary N) is 1. The second kappa shape index (κ2) is 8.66. The number of ether oxygens (including phenoxy) is 2. The average molecular weight is 386 g/mol. The molecule has 2 amide bonds. The number of aromatic nitrogens is 4. The molecule has 2 saturated heterocycles. The zero-order valence-electron chi connectivity index (χ0n) is 16.1. The minimum atomic E-state index is -0.136. The van der Waals surface area contributed by atoms with Crippen LogP contribution in [0.15, 0.2) is 24.5 Å². The fourth-order valence-electron chi connectivity index (χ4n) is 3.67. The Labute approximate surface area is 164 Å². The van der Waals surface area contributed by atoms with Gasteiger partial charge in [0.15, 0.2) is 0 Å². The monoisotopic (exact) mass is 386 g/mol. The van der Waals surface area contributed by atoms with Gasteiger partial charge in [0, 0.05) is 32.0 Å². The van der Waals surface area contributed by atoms with Crippen LogP contribution in [-0.4, -0.2) is 69.6 Å². The highest BCUT2D eigenvalue weighted by atomic mass is 16.5. The Morgan fingerprint density at radius 3 is 2.50 bits per heavy atom. The van der Waals surface area contributed by atoms with Gasteiger partial charge in [0.2, 0.25) is 0 Å². The summed E-state index contributed by atoms with van der Waals surface area (Å²) in [4.78, 5) is 14.9. The first-order valence-electron chi connectivity index (χ1n) is 9.82. The van der Waals surface area contributed by atoms with Crippen LogP contribution in [0.4, 0.5) is 10.5 Å². The van der Waals surface area contributed by atoms with E-state index in [4.69, 9.17) is 9.47 Å². The molecular formula is C19H26N6O3. The third-order valence-corrected chi connectivity index (χ3v) is 5.26. The molecule has 1 N–H and O–H groups in total. The van der Waals surface area contributed by atoms with Crippen LogP contribution in [0.3, 0.4) is 0 Å². The van der Waals surface area contributed by atoms with E-state index in [1.807, 2.05) is 30.0 Å². The van der Waals surface area contributed by atoms with E-state index in [9.17, 15) is 4.79 Å². The molecule has 9 nitrogen and oxygen atoms in total. The first-order valence-corrected chi connectivity index (χ1v) is 9.82. The Morgan fingerprint density at radius 2 is 1.93 bits per heavy atom. The highest BCUT2D eigenvalue weighted by molar-refractivity contribution is 5.90. The number of tetrazole rings is 1. The number of urea groups is 1. The van der Waals surface area contributed by atoms with Gasteiger partial charge in [-0.15, -0.1) is 5.10 Å². The second-order valence-corrected chi connectivity index (χ2v) is 7.36. The Morgan fingerprint density at radius 1 is 1.21 bits per heavy atom. The lowest BCUT2D eigenvalue weighted by Gasteiger charge is -2.28. The molecule has 150 valence electrons. The van der Waals surface area contributed by atoms with Crippen molar-refractivity contribution in [3.8, 4) is 5.69 Å². The van der Waals surface area contributed by atoms with Crippen molar-refractivity contribution >= 4 is 11.7 Å². The molecule has 1 aromatic carbocycles. The lowest BCUT2D eigenvalue weighted by atomic mass is 10.1. The summed E-state index contributed by atoms with van der Waals surface area (Å²) in [5.41, 5.74) is 2.50. The Hall–Kier alpha value is -2.52. The molecule has 28 heavy (non-hydrogen) atoms. The standard InChI is InChI=1S/C19H26N6O3/c1-14-6-7-15(25-13-20-22-23-25)10-18(14)21-19(26)24(11-16-4-2-8-27-16)12-17-5-3-9-28-17/h6-7,10,13,16-17H,2-5,8-9,11-12H2,1H3,(H,21,26)/t16-,17+. The molecule has 3 heterocycles. The summed E-state index contributed by atoms with van der Waals surface area (Å²) < 4.78 is 13.1. The van der Waals surface area contributed by atoms with Gasteiger partial charge < -0.3 is 19.7 Å². The molecule has 0 aliphatic carbocycles. The van der Waals surface area contributed by atoms with E-state index in [-0.39, 0.29) is 18.2 Å². The summed E-state index contributed by atoms with van der Waals surface area (Å²) in [5, 5.41) is 14.3. The molecule has 0 unspecified atom stereocenters. The Bertz CT molecular complexity index is 767. The van der Waals surface area contributed by atoms with Gasteiger partial charge >= 0.3 is 6.03 Å². The van der Waals surface area contributed by atoms with E-state index in [1.54, 1.807) is 4.68 Å². The summed E-state index contributed by atoms with van der Waals surface area (Å²) in [6, 6.07) is 5.59. The molecule has 0 bridgehead atoms. The Balaban J connectivity index is 1.48. The molecular weight excluding hydrogens is 360 g/mol. The van der Waals surface area contributed by atoms with E-state index >= 15 is 0 Å². The topological polar surface area (TPSA) is 94.4 Å². The number of rotatable bonds is 6. The van der Waals surface area contributed by atoms with Gasteiger partial charge in [-0.2, -0.15) is 0 Å². The van der Waals surface area contributed by atoms with Crippen LogP contribution in [-0.2, 0) is 9.47 Å². The SMILES string of the molecule is Cc1ccc(-n2cnnn2)cc1NC(=O)N(C[C@H]1CCCO1)C[C@@H]1CCCO1. The number of benzene rings is 1.